The van der Waals surface area contributed by atoms with Gasteiger partial charge >= 0.3 is 0 Å². The maximum atomic E-state index is 12.0. The number of amides is 2. The van der Waals surface area contributed by atoms with Gasteiger partial charge in [-0.05, 0) is 12.8 Å². The van der Waals surface area contributed by atoms with Gasteiger partial charge in [-0.15, -0.1) is 0 Å². The average molecular weight is 270 g/mol. The van der Waals surface area contributed by atoms with Gasteiger partial charge < -0.3 is 15.5 Å². The summed E-state index contributed by atoms with van der Waals surface area (Å²) < 4.78 is 0. The third-order valence-corrected chi connectivity index (χ3v) is 3.51. The summed E-state index contributed by atoms with van der Waals surface area (Å²) in [6.07, 6.45) is 1.56. The number of nitrogens with two attached hydrogens (primary N) is 1. The van der Waals surface area contributed by atoms with Crippen molar-refractivity contribution in [1.82, 2.24) is 14.7 Å². The third kappa shape index (κ3) is 4.80. The monoisotopic (exact) mass is 270 g/mol. The Hall–Kier alpha value is -1.14. The van der Waals surface area contributed by atoms with Gasteiger partial charge in [0, 0.05) is 40.3 Å². The van der Waals surface area contributed by atoms with Crippen LogP contribution in [0.4, 0.5) is 0 Å². The largest absolute Gasteiger partial charge is 0.348 e. The molecule has 0 bridgehead atoms. The SMILES string of the molecule is CC[C@@H](N)C(=O)N1CCCN(CC(=O)N(C)C)CC1. The molecule has 1 aliphatic heterocycles. The van der Waals surface area contributed by atoms with Crippen LogP contribution in [0.25, 0.3) is 0 Å². The van der Waals surface area contributed by atoms with Crippen LogP contribution in [0.1, 0.15) is 19.8 Å². The highest BCUT2D eigenvalue weighted by Gasteiger charge is 2.23. The van der Waals surface area contributed by atoms with Crippen LogP contribution in [0.15, 0.2) is 0 Å². The van der Waals surface area contributed by atoms with Crippen molar-refractivity contribution in [2.24, 2.45) is 5.73 Å². The van der Waals surface area contributed by atoms with Crippen molar-refractivity contribution in [1.29, 1.82) is 0 Å². The van der Waals surface area contributed by atoms with Crippen molar-refractivity contribution in [3.63, 3.8) is 0 Å². The van der Waals surface area contributed by atoms with Crippen LogP contribution >= 0.6 is 0 Å². The fourth-order valence-electron chi connectivity index (χ4n) is 2.09. The van der Waals surface area contributed by atoms with Gasteiger partial charge in [-0.3, -0.25) is 14.5 Å². The molecule has 19 heavy (non-hydrogen) atoms. The van der Waals surface area contributed by atoms with E-state index in [2.05, 4.69) is 4.90 Å². The summed E-state index contributed by atoms with van der Waals surface area (Å²) in [6, 6.07) is -0.394. The standard InChI is InChI=1S/C13H26N4O2/c1-4-11(14)13(19)17-7-5-6-16(8-9-17)10-12(18)15(2)3/h11H,4-10,14H2,1-3H3/t11-/m1/s1. The van der Waals surface area contributed by atoms with E-state index in [4.69, 9.17) is 5.73 Å². The van der Waals surface area contributed by atoms with E-state index in [-0.39, 0.29) is 11.8 Å². The molecule has 6 nitrogen and oxygen atoms in total. The molecule has 0 saturated carbocycles. The van der Waals surface area contributed by atoms with Gasteiger partial charge in [0.25, 0.3) is 0 Å². The third-order valence-electron chi connectivity index (χ3n) is 3.51. The summed E-state index contributed by atoms with van der Waals surface area (Å²) in [6.45, 7) is 5.33. The predicted molar refractivity (Wildman–Crippen MR) is 74.6 cm³/mol. The molecule has 6 heteroatoms. The fraction of sp³-hybridized carbons (Fsp3) is 0.846. The van der Waals surface area contributed by atoms with Gasteiger partial charge in [0.2, 0.25) is 11.8 Å². The summed E-state index contributed by atoms with van der Waals surface area (Å²) in [5.41, 5.74) is 5.79. The smallest absolute Gasteiger partial charge is 0.239 e. The molecule has 1 heterocycles. The molecule has 0 spiro atoms. The fourth-order valence-corrected chi connectivity index (χ4v) is 2.09. The number of likely N-dealkylation sites (N-methyl/N-ethyl adjacent to an activating group) is 1. The normalized spacial score (nSPS) is 18.8. The second-order valence-electron chi connectivity index (χ2n) is 5.26. The maximum absolute atomic E-state index is 12.0. The topological polar surface area (TPSA) is 69.9 Å². The molecule has 0 aliphatic carbocycles. The lowest BCUT2D eigenvalue weighted by molar-refractivity contribution is -0.132. The van der Waals surface area contributed by atoms with Crippen molar-refractivity contribution in [3.8, 4) is 0 Å². The first-order chi connectivity index (χ1) is 8.95. The Morgan fingerprint density at radius 3 is 2.47 bits per heavy atom. The number of carbonyl (C=O) groups excluding carboxylic acids is 2. The van der Waals surface area contributed by atoms with Gasteiger partial charge in [0.15, 0.2) is 0 Å². The highest BCUT2D eigenvalue weighted by molar-refractivity contribution is 5.81. The van der Waals surface area contributed by atoms with E-state index in [1.165, 1.54) is 0 Å². The Bertz CT molecular complexity index is 320. The Kier molecular flexibility index (Phi) is 6.24. The number of carbonyl (C=O) groups is 2. The van der Waals surface area contributed by atoms with Crippen LogP contribution in [-0.2, 0) is 9.59 Å². The van der Waals surface area contributed by atoms with Crippen LogP contribution in [0, 0.1) is 0 Å². The molecule has 0 aromatic carbocycles. The van der Waals surface area contributed by atoms with E-state index in [0.29, 0.717) is 19.5 Å². The van der Waals surface area contributed by atoms with Gasteiger partial charge in [-0.1, -0.05) is 6.92 Å². The average Bonchev–Trinajstić information content (AvgIpc) is 2.62. The van der Waals surface area contributed by atoms with Crippen molar-refractivity contribution >= 4 is 11.8 Å². The van der Waals surface area contributed by atoms with Crippen LogP contribution < -0.4 is 5.73 Å². The Morgan fingerprint density at radius 2 is 1.89 bits per heavy atom. The maximum Gasteiger partial charge on any atom is 0.239 e. The van der Waals surface area contributed by atoms with Gasteiger partial charge in [0.1, 0.15) is 0 Å². The van der Waals surface area contributed by atoms with Crippen LogP contribution in [0.5, 0.6) is 0 Å². The second-order valence-corrected chi connectivity index (χ2v) is 5.26. The predicted octanol–water partition coefficient (Wildman–Crippen LogP) is -0.654. The molecule has 1 rings (SSSR count). The molecule has 0 unspecified atom stereocenters. The summed E-state index contributed by atoms with van der Waals surface area (Å²) >= 11 is 0. The molecule has 1 aliphatic rings. The molecule has 1 atom stereocenters. The van der Waals surface area contributed by atoms with E-state index < -0.39 is 6.04 Å². The lowest BCUT2D eigenvalue weighted by atomic mass is 10.2. The first-order valence-corrected chi connectivity index (χ1v) is 6.92. The Balaban J connectivity index is 2.47. The number of rotatable bonds is 4. The molecule has 2 N–H and O–H groups in total. The van der Waals surface area contributed by atoms with Crippen molar-refractivity contribution in [2.75, 3.05) is 46.8 Å². The highest BCUT2D eigenvalue weighted by atomic mass is 16.2. The van der Waals surface area contributed by atoms with E-state index >= 15 is 0 Å². The number of hydrogen-bond donors (Lipinski definition) is 1. The minimum atomic E-state index is -0.394. The van der Waals surface area contributed by atoms with Crippen molar-refractivity contribution in [2.45, 2.75) is 25.8 Å². The van der Waals surface area contributed by atoms with E-state index in [9.17, 15) is 9.59 Å². The molecule has 1 fully saturated rings. The molecular weight excluding hydrogens is 244 g/mol. The first kappa shape index (κ1) is 15.9. The Labute approximate surface area is 115 Å². The zero-order valence-electron chi connectivity index (χ0n) is 12.3. The molecular formula is C13H26N4O2. The van der Waals surface area contributed by atoms with Crippen LogP contribution in [-0.4, -0.2) is 79.4 Å². The summed E-state index contributed by atoms with van der Waals surface area (Å²) in [5, 5.41) is 0. The van der Waals surface area contributed by atoms with E-state index in [1.807, 2.05) is 11.8 Å². The zero-order valence-corrected chi connectivity index (χ0v) is 12.3. The molecule has 2 amide bonds. The van der Waals surface area contributed by atoms with Crippen molar-refractivity contribution in [3.05, 3.63) is 0 Å². The molecule has 0 radical (unpaired) electrons. The molecule has 0 aromatic heterocycles. The second kappa shape index (κ2) is 7.45. The summed E-state index contributed by atoms with van der Waals surface area (Å²) in [7, 11) is 3.52. The van der Waals surface area contributed by atoms with Crippen LogP contribution in [0.3, 0.4) is 0 Å². The van der Waals surface area contributed by atoms with Gasteiger partial charge in [-0.25, -0.2) is 0 Å². The molecule has 110 valence electrons. The van der Waals surface area contributed by atoms with E-state index in [0.717, 1.165) is 26.1 Å². The molecule has 0 aromatic rings. The van der Waals surface area contributed by atoms with Crippen LogP contribution in [0.2, 0.25) is 0 Å². The quantitative estimate of drug-likeness (QED) is 0.737. The number of hydrogen-bond acceptors (Lipinski definition) is 4. The zero-order chi connectivity index (χ0) is 14.4. The molecule has 1 saturated heterocycles. The van der Waals surface area contributed by atoms with Gasteiger partial charge in [-0.2, -0.15) is 0 Å². The number of nitrogens with zero attached hydrogens (tertiary/aromatic N) is 3. The first-order valence-electron chi connectivity index (χ1n) is 6.92. The van der Waals surface area contributed by atoms with E-state index in [1.54, 1.807) is 19.0 Å². The minimum Gasteiger partial charge on any atom is -0.348 e. The summed E-state index contributed by atoms with van der Waals surface area (Å²) in [4.78, 5) is 29.2. The lowest BCUT2D eigenvalue weighted by Gasteiger charge is -2.24. The minimum absolute atomic E-state index is 0.0308. The van der Waals surface area contributed by atoms with Gasteiger partial charge in [0.05, 0.1) is 12.6 Å². The Morgan fingerprint density at radius 1 is 1.21 bits per heavy atom. The lowest BCUT2D eigenvalue weighted by Crippen LogP contribution is -2.45. The summed E-state index contributed by atoms with van der Waals surface area (Å²) in [5.74, 6) is 0.133. The van der Waals surface area contributed by atoms with Crippen molar-refractivity contribution < 1.29 is 9.59 Å². The highest BCUT2D eigenvalue weighted by Crippen LogP contribution is 2.06.